The van der Waals surface area contributed by atoms with E-state index in [1.54, 1.807) is 17.1 Å². The van der Waals surface area contributed by atoms with Gasteiger partial charge >= 0.3 is 5.97 Å². The van der Waals surface area contributed by atoms with Crippen molar-refractivity contribution >= 4 is 34.2 Å². The van der Waals surface area contributed by atoms with Gasteiger partial charge in [0.15, 0.2) is 0 Å². The molecule has 1 N–H and O–H groups in total. The lowest BCUT2D eigenvalue weighted by Gasteiger charge is -2.36. The van der Waals surface area contributed by atoms with E-state index in [0.29, 0.717) is 31.4 Å². The minimum absolute atomic E-state index is 0.123. The maximum absolute atomic E-state index is 14.5. The molecule has 1 spiro atoms. The lowest BCUT2D eigenvalue weighted by Crippen LogP contribution is -2.56. The van der Waals surface area contributed by atoms with E-state index in [9.17, 15) is 19.5 Å². The summed E-state index contributed by atoms with van der Waals surface area (Å²) in [5, 5.41) is 11.6. The van der Waals surface area contributed by atoms with Crippen molar-refractivity contribution in [3.05, 3.63) is 67.8 Å². The quantitative estimate of drug-likeness (QED) is 0.255. The number of esters is 1. The molecule has 0 aliphatic carbocycles. The van der Waals surface area contributed by atoms with Crippen LogP contribution in [-0.2, 0) is 23.9 Å². The van der Waals surface area contributed by atoms with Gasteiger partial charge < -0.3 is 24.4 Å². The number of aliphatic hydroxyl groups excluding tert-OH is 1. The highest BCUT2D eigenvalue weighted by atomic mass is 16.6. The number of rotatable bonds is 12. The molecule has 2 aromatic carbocycles. The predicted molar refractivity (Wildman–Crippen MR) is 148 cm³/mol. The standard InChI is InChI=1S/C31H36N2O6/c1-3-5-8-19-38-30(37)25-24-14-15-31(39-24)26(25)28(35)33(17-9-18-34)27(31)29(36)32(16-4-2)23-13-12-21-10-6-7-11-22(21)20-23/h3-4,6-7,10-13,20,24-27,34H,1-2,5,8-9,14-19H2/t24-,25+,26-,27?,31?/m0/s1. The number of anilines is 1. The summed E-state index contributed by atoms with van der Waals surface area (Å²) in [7, 11) is 0. The third-order valence-corrected chi connectivity index (χ3v) is 8.28. The fourth-order valence-electron chi connectivity index (χ4n) is 6.62. The molecule has 3 heterocycles. The normalized spacial score (nSPS) is 27.0. The highest BCUT2D eigenvalue weighted by Crippen LogP contribution is 2.59. The molecular weight excluding hydrogens is 496 g/mol. The number of fused-ring (bicyclic) bond motifs is 2. The molecule has 5 atom stereocenters. The van der Waals surface area contributed by atoms with Gasteiger partial charge in [-0.15, -0.1) is 13.2 Å². The zero-order valence-electron chi connectivity index (χ0n) is 22.2. The van der Waals surface area contributed by atoms with Crippen LogP contribution in [0.4, 0.5) is 5.69 Å². The zero-order chi connectivity index (χ0) is 27.6. The van der Waals surface area contributed by atoms with Gasteiger partial charge in [0.2, 0.25) is 5.91 Å². The van der Waals surface area contributed by atoms with Crippen LogP contribution in [0.2, 0.25) is 0 Å². The Balaban J connectivity index is 1.49. The SMILES string of the molecule is C=CCCCOC(=O)[C@@H]1[C@@H]2CCC3(O2)C(C(=O)N(CC=C)c2ccc4ccccc4c2)N(CCCO)C(=O)[C@H]13. The smallest absolute Gasteiger partial charge is 0.312 e. The first kappa shape index (κ1) is 27.1. The van der Waals surface area contributed by atoms with Crippen molar-refractivity contribution in [1.82, 2.24) is 4.90 Å². The molecular formula is C31H36N2O6. The highest BCUT2D eigenvalue weighted by molar-refractivity contribution is 6.05. The van der Waals surface area contributed by atoms with Crippen LogP contribution in [0.5, 0.6) is 0 Å². The molecule has 3 saturated heterocycles. The Morgan fingerprint density at radius 3 is 2.69 bits per heavy atom. The van der Waals surface area contributed by atoms with Crippen molar-refractivity contribution in [2.45, 2.75) is 49.9 Å². The number of nitrogens with zero attached hydrogens (tertiary/aromatic N) is 2. The van der Waals surface area contributed by atoms with Gasteiger partial charge in [0, 0.05) is 25.4 Å². The lowest BCUT2D eigenvalue weighted by atomic mass is 9.70. The number of aliphatic hydroxyl groups is 1. The molecule has 2 amide bonds. The molecule has 39 heavy (non-hydrogen) atoms. The Labute approximate surface area is 228 Å². The van der Waals surface area contributed by atoms with Crippen LogP contribution in [0.3, 0.4) is 0 Å². The zero-order valence-corrected chi connectivity index (χ0v) is 22.2. The summed E-state index contributed by atoms with van der Waals surface area (Å²) in [4.78, 5) is 44.8. The minimum atomic E-state index is -1.12. The summed E-state index contributed by atoms with van der Waals surface area (Å²) < 4.78 is 12.0. The van der Waals surface area contributed by atoms with Crippen LogP contribution in [-0.4, -0.2) is 71.8 Å². The summed E-state index contributed by atoms with van der Waals surface area (Å²) in [6, 6.07) is 12.8. The van der Waals surface area contributed by atoms with Crippen LogP contribution in [0.1, 0.15) is 32.1 Å². The molecule has 3 aliphatic heterocycles. The number of ether oxygens (including phenoxy) is 2. The molecule has 2 aromatic rings. The Morgan fingerprint density at radius 1 is 1.15 bits per heavy atom. The van der Waals surface area contributed by atoms with Gasteiger partial charge in [0.25, 0.3) is 5.91 Å². The molecule has 5 rings (SSSR count). The van der Waals surface area contributed by atoms with Crippen molar-refractivity contribution in [3.63, 3.8) is 0 Å². The van der Waals surface area contributed by atoms with E-state index in [2.05, 4.69) is 13.2 Å². The molecule has 206 valence electrons. The molecule has 3 fully saturated rings. The van der Waals surface area contributed by atoms with E-state index in [1.807, 2.05) is 42.5 Å². The molecule has 2 unspecified atom stereocenters. The van der Waals surface area contributed by atoms with Crippen LogP contribution in [0.15, 0.2) is 67.8 Å². The third-order valence-electron chi connectivity index (χ3n) is 8.28. The fourth-order valence-corrected chi connectivity index (χ4v) is 6.62. The average molecular weight is 533 g/mol. The van der Waals surface area contributed by atoms with Gasteiger partial charge in [-0.05, 0) is 55.0 Å². The van der Waals surface area contributed by atoms with Crippen molar-refractivity contribution in [2.24, 2.45) is 11.8 Å². The summed E-state index contributed by atoms with van der Waals surface area (Å²) in [6.45, 7) is 8.11. The average Bonchev–Trinajstić information content (AvgIpc) is 3.59. The Hall–Kier alpha value is -3.49. The number of hydrogen-bond acceptors (Lipinski definition) is 6. The number of carbonyl (C=O) groups excluding carboxylic acids is 3. The summed E-state index contributed by atoms with van der Waals surface area (Å²) >= 11 is 0. The number of hydrogen-bond donors (Lipinski definition) is 1. The van der Waals surface area contributed by atoms with E-state index in [0.717, 1.165) is 17.2 Å². The van der Waals surface area contributed by atoms with E-state index in [-0.39, 0.29) is 38.1 Å². The van der Waals surface area contributed by atoms with E-state index in [4.69, 9.17) is 9.47 Å². The second-order valence-electron chi connectivity index (χ2n) is 10.5. The van der Waals surface area contributed by atoms with E-state index >= 15 is 0 Å². The summed E-state index contributed by atoms with van der Waals surface area (Å²) in [5.41, 5.74) is -0.422. The molecule has 2 bridgehead atoms. The van der Waals surface area contributed by atoms with Crippen molar-refractivity contribution in [2.75, 3.05) is 31.2 Å². The van der Waals surface area contributed by atoms with E-state index < -0.39 is 35.6 Å². The van der Waals surface area contributed by atoms with E-state index in [1.165, 1.54) is 4.90 Å². The summed E-state index contributed by atoms with van der Waals surface area (Å²) in [5.74, 6) is -2.55. The van der Waals surface area contributed by atoms with Crippen LogP contribution in [0, 0.1) is 11.8 Å². The second-order valence-corrected chi connectivity index (χ2v) is 10.5. The van der Waals surface area contributed by atoms with Crippen molar-refractivity contribution < 1.29 is 29.0 Å². The maximum Gasteiger partial charge on any atom is 0.312 e. The molecule has 0 aromatic heterocycles. The highest BCUT2D eigenvalue weighted by Gasteiger charge is 2.75. The topological polar surface area (TPSA) is 96.4 Å². The number of benzene rings is 2. The molecule has 8 heteroatoms. The third kappa shape index (κ3) is 4.66. The predicted octanol–water partition coefficient (Wildman–Crippen LogP) is 3.63. The Morgan fingerprint density at radius 2 is 1.95 bits per heavy atom. The Kier molecular flexibility index (Phi) is 7.86. The van der Waals surface area contributed by atoms with Gasteiger partial charge in [-0.2, -0.15) is 0 Å². The molecule has 0 radical (unpaired) electrons. The summed E-state index contributed by atoms with van der Waals surface area (Å²) in [6.07, 6.45) is 5.74. The monoisotopic (exact) mass is 532 g/mol. The first-order chi connectivity index (χ1) is 19.0. The van der Waals surface area contributed by atoms with Gasteiger partial charge in [-0.25, -0.2) is 0 Å². The lowest BCUT2D eigenvalue weighted by molar-refractivity contribution is -0.155. The molecule has 3 aliphatic rings. The number of amides is 2. The maximum atomic E-state index is 14.5. The van der Waals surface area contributed by atoms with Crippen molar-refractivity contribution in [3.8, 4) is 0 Å². The Bertz CT molecular complexity index is 1280. The number of allylic oxidation sites excluding steroid dienone is 1. The van der Waals surface area contributed by atoms with Crippen molar-refractivity contribution in [1.29, 1.82) is 0 Å². The van der Waals surface area contributed by atoms with Gasteiger partial charge in [0.05, 0.1) is 24.5 Å². The number of unbranched alkanes of at least 4 members (excludes halogenated alkanes) is 1. The minimum Gasteiger partial charge on any atom is -0.465 e. The van der Waals surface area contributed by atoms with Crippen LogP contribution >= 0.6 is 0 Å². The largest absolute Gasteiger partial charge is 0.465 e. The number of carbonyl (C=O) groups is 3. The molecule has 0 saturated carbocycles. The van der Waals surface area contributed by atoms with Gasteiger partial charge in [-0.1, -0.05) is 42.5 Å². The first-order valence-electron chi connectivity index (χ1n) is 13.7. The van der Waals surface area contributed by atoms with Gasteiger partial charge in [-0.3, -0.25) is 14.4 Å². The van der Waals surface area contributed by atoms with Crippen LogP contribution in [0.25, 0.3) is 10.8 Å². The number of likely N-dealkylation sites (tertiary alicyclic amines) is 1. The second kappa shape index (κ2) is 11.3. The fraction of sp³-hybridized carbons (Fsp3) is 0.452. The first-order valence-corrected chi connectivity index (χ1v) is 13.7. The van der Waals surface area contributed by atoms with Gasteiger partial charge in [0.1, 0.15) is 11.6 Å². The molecule has 8 nitrogen and oxygen atoms in total. The van der Waals surface area contributed by atoms with Crippen LogP contribution < -0.4 is 4.90 Å².